The van der Waals surface area contributed by atoms with Crippen LogP contribution >= 0.6 is 0 Å². The molecule has 0 aromatic heterocycles. The van der Waals surface area contributed by atoms with E-state index in [1.54, 1.807) is 0 Å². The van der Waals surface area contributed by atoms with E-state index < -0.39 is 0 Å². The first-order chi connectivity index (χ1) is 17.9. The average Bonchev–Trinajstić information content (AvgIpc) is 2.84. The SMILES string of the molecule is CCCCCCCCCCCCCCCC(CCOC(=O)CC)c1ccc(O)c(C(C)(C)C)c1C(C)(C)C. The maximum Gasteiger partial charge on any atom is 0.305 e. The minimum absolute atomic E-state index is 0.0922. The number of aromatic hydroxyl groups is 1. The van der Waals surface area contributed by atoms with Crippen LogP contribution < -0.4 is 0 Å². The van der Waals surface area contributed by atoms with Gasteiger partial charge >= 0.3 is 5.97 Å². The summed E-state index contributed by atoms with van der Waals surface area (Å²) < 4.78 is 5.52. The Labute approximate surface area is 236 Å². The third-order valence-corrected chi connectivity index (χ3v) is 7.83. The van der Waals surface area contributed by atoms with E-state index in [4.69, 9.17) is 4.74 Å². The van der Waals surface area contributed by atoms with Crippen LogP contribution in [0.1, 0.15) is 181 Å². The number of carbonyl (C=O) groups is 1. The van der Waals surface area contributed by atoms with E-state index in [9.17, 15) is 9.90 Å². The molecule has 3 nitrogen and oxygen atoms in total. The maximum absolute atomic E-state index is 11.8. The molecule has 1 aromatic rings. The zero-order chi connectivity index (χ0) is 28.6. The number of carbonyl (C=O) groups excluding carboxylic acids is 1. The third kappa shape index (κ3) is 13.0. The molecule has 0 spiro atoms. The molecular formula is C35H62O3. The van der Waals surface area contributed by atoms with Gasteiger partial charge in [0, 0.05) is 12.0 Å². The Bertz CT molecular complexity index is 782. The lowest BCUT2D eigenvalue weighted by molar-refractivity contribution is -0.143. The number of hydrogen-bond donors (Lipinski definition) is 1. The van der Waals surface area contributed by atoms with Gasteiger partial charge in [-0.2, -0.15) is 0 Å². The summed E-state index contributed by atoms with van der Waals surface area (Å²) in [5.74, 6) is 0.591. The highest BCUT2D eigenvalue weighted by atomic mass is 16.5. The Morgan fingerprint density at radius 3 is 1.63 bits per heavy atom. The van der Waals surface area contributed by atoms with E-state index in [1.807, 2.05) is 13.0 Å². The first-order valence-corrected chi connectivity index (χ1v) is 16.0. The summed E-state index contributed by atoms with van der Waals surface area (Å²) in [5.41, 5.74) is 3.41. The number of benzene rings is 1. The van der Waals surface area contributed by atoms with Crippen LogP contribution in [0.4, 0.5) is 0 Å². The summed E-state index contributed by atoms with van der Waals surface area (Å²) in [6.45, 7) is 17.9. The summed E-state index contributed by atoms with van der Waals surface area (Å²) in [6, 6.07) is 4.03. The van der Waals surface area contributed by atoms with Crippen LogP contribution in [0.25, 0.3) is 0 Å². The molecule has 0 fully saturated rings. The number of rotatable bonds is 19. The van der Waals surface area contributed by atoms with E-state index in [-0.39, 0.29) is 16.8 Å². The number of hydrogen-bond acceptors (Lipinski definition) is 3. The molecule has 0 bridgehead atoms. The maximum atomic E-state index is 11.8. The summed E-state index contributed by atoms with van der Waals surface area (Å²) >= 11 is 0. The average molecular weight is 531 g/mol. The molecule has 0 radical (unpaired) electrons. The number of phenolic OH excluding ortho intramolecular Hbond substituents is 1. The van der Waals surface area contributed by atoms with Crippen molar-refractivity contribution >= 4 is 5.97 Å². The van der Waals surface area contributed by atoms with E-state index in [1.165, 1.54) is 94.6 Å². The molecule has 1 atom stereocenters. The van der Waals surface area contributed by atoms with Gasteiger partial charge in [-0.15, -0.1) is 0 Å². The Balaban J connectivity index is 2.76. The van der Waals surface area contributed by atoms with Gasteiger partial charge in [0.1, 0.15) is 5.75 Å². The van der Waals surface area contributed by atoms with Crippen LogP contribution in [0.5, 0.6) is 5.75 Å². The van der Waals surface area contributed by atoms with Crippen molar-refractivity contribution in [2.45, 2.75) is 175 Å². The smallest absolute Gasteiger partial charge is 0.305 e. The molecule has 3 heteroatoms. The highest BCUT2D eigenvalue weighted by Gasteiger charge is 2.32. The fourth-order valence-corrected chi connectivity index (χ4v) is 5.80. The van der Waals surface area contributed by atoms with Crippen molar-refractivity contribution in [2.75, 3.05) is 6.61 Å². The van der Waals surface area contributed by atoms with Crippen LogP contribution in [0.2, 0.25) is 0 Å². The molecule has 0 amide bonds. The summed E-state index contributed by atoms with van der Waals surface area (Å²) in [6.07, 6.45) is 20.0. The first-order valence-electron chi connectivity index (χ1n) is 16.0. The second-order valence-corrected chi connectivity index (χ2v) is 13.5. The van der Waals surface area contributed by atoms with Crippen molar-refractivity contribution in [2.24, 2.45) is 0 Å². The van der Waals surface area contributed by atoms with Gasteiger partial charge in [-0.3, -0.25) is 4.79 Å². The molecule has 1 aromatic carbocycles. The van der Waals surface area contributed by atoms with Crippen molar-refractivity contribution < 1.29 is 14.6 Å². The van der Waals surface area contributed by atoms with Crippen molar-refractivity contribution in [3.05, 3.63) is 28.8 Å². The molecule has 1 unspecified atom stereocenters. The fraction of sp³-hybridized carbons (Fsp3) is 0.800. The van der Waals surface area contributed by atoms with Crippen LogP contribution in [0, 0.1) is 0 Å². The number of unbranched alkanes of at least 4 members (excludes halogenated alkanes) is 12. The lowest BCUT2D eigenvalue weighted by atomic mass is 9.70. The lowest BCUT2D eigenvalue weighted by Gasteiger charge is -2.35. The predicted molar refractivity (Wildman–Crippen MR) is 164 cm³/mol. The molecule has 1 N–H and O–H groups in total. The second-order valence-electron chi connectivity index (χ2n) is 13.5. The Morgan fingerprint density at radius 2 is 1.18 bits per heavy atom. The van der Waals surface area contributed by atoms with Gasteiger partial charge in [-0.05, 0) is 46.8 Å². The monoisotopic (exact) mass is 530 g/mol. The third-order valence-electron chi connectivity index (χ3n) is 7.83. The lowest BCUT2D eigenvalue weighted by Crippen LogP contribution is -2.25. The minimum Gasteiger partial charge on any atom is -0.508 e. The predicted octanol–water partition coefficient (Wildman–Crippen LogP) is 10.9. The summed E-state index contributed by atoms with van der Waals surface area (Å²) in [5, 5.41) is 10.9. The number of ether oxygens (including phenoxy) is 1. The highest BCUT2D eigenvalue weighted by Crippen LogP contribution is 2.45. The van der Waals surface area contributed by atoms with Gasteiger partial charge < -0.3 is 9.84 Å². The molecular weight excluding hydrogens is 468 g/mol. The zero-order valence-electron chi connectivity index (χ0n) is 26.5. The van der Waals surface area contributed by atoms with Gasteiger partial charge in [-0.25, -0.2) is 0 Å². The van der Waals surface area contributed by atoms with Crippen molar-refractivity contribution in [3.8, 4) is 5.75 Å². The van der Waals surface area contributed by atoms with Crippen molar-refractivity contribution in [3.63, 3.8) is 0 Å². The molecule has 1 rings (SSSR count). The van der Waals surface area contributed by atoms with Gasteiger partial charge in [0.05, 0.1) is 6.61 Å². The summed E-state index contributed by atoms with van der Waals surface area (Å²) in [7, 11) is 0. The Hall–Kier alpha value is -1.51. The molecule has 220 valence electrons. The van der Waals surface area contributed by atoms with Crippen LogP contribution in [0.3, 0.4) is 0 Å². The van der Waals surface area contributed by atoms with Crippen molar-refractivity contribution in [1.29, 1.82) is 0 Å². The largest absolute Gasteiger partial charge is 0.508 e. The standard InChI is InChI=1S/C35H62O3/c1-9-11-12-13-14-15-16-17-18-19-20-21-22-23-28(26-27-38-31(37)10-2)29-24-25-30(36)33(35(6,7)8)32(29)34(3,4)5/h24-25,28,36H,9-23,26-27H2,1-8H3. The van der Waals surface area contributed by atoms with Gasteiger partial charge in [0.2, 0.25) is 0 Å². The summed E-state index contributed by atoms with van der Waals surface area (Å²) in [4.78, 5) is 11.8. The van der Waals surface area contributed by atoms with Gasteiger partial charge in [0.25, 0.3) is 0 Å². The highest BCUT2D eigenvalue weighted by molar-refractivity contribution is 5.68. The Kier molecular flexibility index (Phi) is 16.3. The first kappa shape index (κ1) is 34.5. The molecule has 0 aliphatic heterocycles. The number of esters is 1. The van der Waals surface area contributed by atoms with E-state index in [0.29, 0.717) is 24.7 Å². The quantitative estimate of drug-likeness (QED) is 0.143. The Morgan fingerprint density at radius 1 is 0.711 bits per heavy atom. The minimum atomic E-state index is -0.155. The van der Waals surface area contributed by atoms with Crippen molar-refractivity contribution in [1.82, 2.24) is 0 Å². The van der Waals surface area contributed by atoms with E-state index in [2.05, 4.69) is 54.5 Å². The van der Waals surface area contributed by atoms with E-state index in [0.717, 1.165) is 18.4 Å². The normalized spacial score (nSPS) is 13.1. The molecule has 0 saturated carbocycles. The zero-order valence-corrected chi connectivity index (χ0v) is 26.5. The van der Waals surface area contributed by atoms with E-state index >= 15 is 0 Å². The van der Waals surface area contributed by atoms with Crippen LogP contribution in [-0.4, -0.2) is 17.7 Å². The fourth-order valence-electron chi connectivity index (χ4n) is 5.80. The molecule has 0 aliphatic rings. The molecule has 38 heavy (non-hydrogen) atoms. The second kappa shape index (κ2) is 18.0. The molecule has 0 heterocycles. The molecule has 0 saturated heterocycles. The van der Waals surface area contributed by atoms with Crippen LogP contribution in [-0.2, 0) is 20.4 Å². The van der Waals surface area contributed by atoms with Gasteiger partial charge in [-0.1, -0.05) is 145 Å². The molecule has 0 aliphatic carbocycles. The topological polar surface area (TPSA) is 46.5 Å². The van der Waals surface area contributed by atoms with Crippen LogP contribution in [0.15, 0.2) is 12.1 Å². The van der Waals surface area contributed by atoms with Gasteiger partial charge in [0.15, 0.2) is 0 Å². The number of phenols is 1.